The van der Waals surface area contributed by atoms with Gasteiger partial charge in [-0.25, -0.2) is 4.79 Å². The molecule has 2 aromatic carbocycles. The fourth-order valence-electron chi connectivity index (χ4n) is 2.84. The molecule has 0 bridgehead atoms. The van der Waals surface area contributed by atoms with Gasteiger partial charge in [0, 0.05) is 29.1 Å². The van der Waals surface area contributed by atoms with Crippen molar-refractivity contribution in [2.24, 2.45) is 5.73 Å². The number of nitrogens with one attached hydrogen (secondary N) is 1. The second-order valence-electron chi connectivity index (χ2n) is 6.01. The van der Waals surface area contributed by atoms with Crippen molar-refractivity contribution in [3.63, 3.8) is 0 Å². The number of fused-ring (bicyclic) bond motifs is 1. The number of nitrogens with two attached hydrogens (primary N) is 1. The Bertz CT molecular complexity index is 915. The zero-order chi connectivity index (χ0) is 17.3. The van der Waals surface area contributed by atoms with Gasteiger partial charge in [0.25, 0.3) is 0 Å². The normalized spacial score (nSPS) is 13.6. The summed E-state index contributed by atoms with van der Waals surface area (Å²) in [6.07, 6.45) is 1.63. The standard InChI is InChI=1S/C19H18N2O3/c1-12-7-8-16-15(9-12)14(11-21-16)10-19(20,18(23)24)17(22)13-5-3-2-4-6-13/h2-9,11,21H,10,20H2,1H3,(H,23,24). The van der Waals surface area contributed by atoms with Gasteiger partial charge in [-0.05, 0) is 24.6 Å². The average Bonchev–Trinajstić information content (AvgIpc) is 2.96. The van der Waals surface area contributed by atoms with E-state index in [0.29, 0.717) is 11.1 Å². The van der Waals surface area contributed by atoms with E-state index >= 15 is 0 Å². The molecule has 0 aliphatic rings. The number of hydrogen-bond acceptors (Lipinski definition) is 3. The first kappa shape index (κ1) is 16.0. The molecule has 0 aliphatic heterocycles. The highest BCUT2D eigenvalue weighted by Gasteiger charge is 2.43. The number of aliphatic carboxylic acids is 1. The van der Waals surface area contributed by atoms with Gasteiger partial charge in [-0.3, -0.25) is 4.79 Å². The molecule has 0 radical (unpaired) electrons. The SMILES string of the molecule is Cc1ccc2[nH]cc(CC(N)(C(=O)O)C(=O)c3ccccc3)c2c1. The van der Waals surface area contributed by atoms with E-state index in [4.69, 9.17) is 5.73 Å². The third-order valence-corrected chi connectivity index (χ3v) is 4.22. The third kappa shape index (κ3) is 2.70. The number of rotatable bonds is 5. The number of hydrogen-bond donors (Lipinski definition) is 3. The van der Waals surface area contributed by atoms with Crippen molar-refractivity contribution in [1.29, 1.82) is 0 Å². The molecule has 5 heteroatoms. The summed E-state index contributed by atoms with van der Waals surface area (Å²) in [6.45, 7) is 1.96. The minimum absolute atomic E-state index is 0.0838. The van der Waals surface area contributed by atoms with Gasteiger partial charge in [0.1, 0.15) is 0 Å². The van der Waals surface area contributed by atoms with Crippen LogP contribution in [-0.2, 0) is 11.2 Å². The number of ketones is 1. The largest absolute Gasteiger partial charge is 0.480 e. The Morgan fingerprint density at radius 2 is 1.88 bits per heavy atom. The Kier molecular flexibility index (Phi) is 3.95. The van der Waals surface area contributed by atoms with Crippen LogP contribution in [0.15, 0.2) is 54.7 Å². The summed E-state index contributed by atoms with van der Waals surface area (Å²) in [7, 11) is 0. The van der Waals surface area contributed by atoms with Crippen LogP contribution in [0.25, 0.3) is 10.9 Å². The van der Waals surface area contributed by atoms with E-state index in [9.17, 15) is 14.7 Å². The number of carbonyl (C=O) groups is 2. The molecule has 1 unspecified atom stereocenters. The van der Waals surface area contributed by atoms with Crippen molar-refractivity contribution < 1.29 is 14.7 Å². The van der Waals surface area contributed by atoms with E-state index < -0.39 is 17.3 Å². The molecule has 3 aromatic rings. The van der Waals surface area contributed by atoms with Crippen molar-refractivity contribution in [2.75, 3.05) is 0 Å². The van der Waals surface area contributed by atoms with Crippen molar-refractivity contribution >= 4 is 22.7 Å². The average molecular weight is 322 g/mol. The number of carbonyl (C=O) groups excluding carboxylic acids is 1. The molecule has 1 heterocycles. The van der Waals surface area contributed by atoms with Gasteiger partial charge in [-0.2, -0.15) is 0 Å². The number of H-pyrrole nitrogens is 1. The van der Waals surface area contributed by atoms with Crippen molar-refractivity contribution in [1.82, 2.24) is 4.98 Å². The lowest BCUT2D eigenvalue weighted by molar-refractivity contribution is -0.141. The predicted octanol–water partition coefficient (Wildman–Crippen LogP) is 2.68. The number of benzene rings is 2. The summed E-state index contributed by atoms with van der Waals surface area (Å²) in [5.74, 6) is -1.93. The molecular formula is C19H18N2O3. The Balaban J connectivity index is 2.03. The quantitative estimate of drug-likeness (QED) is 0.497. The van der Waals surface area contributed by atoms with Gasteiger partial charge in [0.05, 0.1) is 0 Å². The first-order chi connectivity index (χ1) is 11.4. The topological polar surface area (TPSA) is 96.2 Å². The zero-order valence-electron chi connectivity index (χ0n) is 13.2. The van der Waals surface area contributed by atoms with Crippen molar-refractivity contribution in [3.05, 3.63) is 71.4 Å². The molecule has 4 N–H and O–H groups in total. The molecule has 5 nitrogen and oxygen atoms in total. The van der Waals surface area contributed by atoms with Crippen LogP contribution in [0.5, 0.6) is 0 Å². The van der Waals surface area contributed by atoms with E-state index in [1.807, 2.05) is 25.1 Å². The number of aromatic nitrogens is 1. The van der Waals surface area contributed by atoms with E-state index in [-0.39, 0.29) is 6.42 Å². The molecular weight excluding hydrogens is 304 g/mol. The molecule has 0 aliphatic carbocycles. The summed E-state index contributed by atoms with van der Waals surface area (Å²) in [4.78, 5) is 27.6. The highest BCUT2D eigenvalue weighted by molar-refractivity contribution is 6.16. The second kappa shape index (κ2) is 5.94. The van der Waals surface area contributed by atoms with Gasteiger partial charge in [0.2, 0.25) is 0 Å². The minimum atomic E-state index is -2.01. The van der Waals surface area contributed by atoms with E-state index in [1.54, 1.807) is 36.5 Å². The summed E-state index contributed by atoms with van der Waals surface area (Å²) in [6, 6.07) is 14.1. The lowest BCUT2D eigenvalue weighted by Gasteiger charge is -2.23. The van der Waals surface area contributed by atoms with Gasteiger partial charge in [-0.1, -0.05) is 42.0 Å². The van der Waals surface area contributed by atoms with Crippen molar-refractivity contribution in [3.8, 4) is 0 Å². The lowest BCUT2D eigenvalue weighted by Crippen LogP contribution is -2.56. The summed E-state index contributed by atoms with van der Waals surface area (Å²) in [5.41, 5.74) is 7.00. The monoisotopic (exact) mass is 322 g/mol. The molecule has 1 aromatic heterocycles. The Morgan fingerprint density at radius 1 is 1.17 bits per heavy atom. The Morgan fingerprint density at radius 3 is 2.54 bits per heavy atom. The van der Waals surface area contributed by atoms with Gasteiger partial charge < -0.3 is 15.8 Å². The van der Waals surface area contributed by atoms with E-state index in [1.165, 1.54) is 0 Å². The number of aryl methyl sites for hydroxylation is 1. The van der Waals surface area contributed by atoms with Crippen molar-refractivity contribution in [2.45, 2.75) is 18.9 Å². The predicted molar refractivity (Wildman–Crippen MR) is 92.1 cm³/mol. The Labute approximate surface area is 139 Å². The van der Waals surface area contributed by atoms with Crippen LogP contribution in [-0.4, -0.2) is 27.4 Å². The fourth-order valence-corrected chi connectivity index (χ4v) is 2.84. The first-order valence-corrected chi connectivity index (χ1v) is 7.60. The maximum Gasteiger partial charge on any atom is 0.332 e. The second-order valence-corrected chi connectivity index (χ2v) is 6.01. The summed E-state index contributed by atoms with van der Waals surface area (Å²) >= 11 is 0. The third-order valence-electron chi connectivity index (χ3n) is 4.22. The molecule has 0 saturated heterocycles. The molecule has 0 amide bonds. The molecule has 0 saturated carbocycles. The van der Waals surface area contributed by atoms with Gasteiger partial charge in [0.15, 0.2) is 11.3 Å². The molecule has 24 heavy (non-hydrogen) atoms. The fraction of sp³-hybridized carbons (Fsp3) is 0.158. The lowest BCUT2D eigenvalue weighted by atomic mass is 9.84. The van der Waals surface area contributed by atoms with Crippen LogP contribution in [0.4, 0.5) is 0 Å². The van der Waals surface area contributed by atoms with Crippen LogP contribution in [0, 0.1) is 6.92 Å². The molecule has 0 spiro atoms. The van der Waals surface area contributed by atoms with Crippen LogP contribution >= 0.6 is 0 Å². The van der Waals surface area contributed by atoms with Crippen LogP contribution in [0.1, 0.15) is 21.5 Å². The van der Waals surface area contributed by atoms with Crippen LogP contribution in [0.2, 0.25) is 0 Å². The van der Waals surface area contributed by atoms with Gasteiger partial charge in [-0.15, -0.1) is 0 Å². The maximum absolute atomic E-state index is 12.7. The smallest absolute Gasteiger partial charge is 0.332 e. The first-order valence-electron chi connectivity index (χ1n) is 7.60. The number of Topliss-reactive ketones (excluding diaryl/α,β-unsaturated/α-hetero) is 1. The number of aromatic amines is 1. The van der Waals surface area contributed by atoms with Crippen LogP contribution < -0.4 is 5.73 Å². The summed E-state index contributed by atoms with van der Waals surface area (Å²) in [5, 5.41) is 10.5. The summed E-state index contributed by atoms with van der Waals surface area (Å²) < 4.78 is 0. The zero-order valence-corrected chi connectivity index (χ0v) is 13.2. The number of carboxylic acids is 1. The molecule has 0 fully saturated rings. The molecule has 3 rings (SSSR count). The Hall–Kier alpha value is -2.92. The molecule has 1 atom stereocenters. The minimum Gasteiger partial charge on any atom is -0.480 e. The molecule has 122 valence electrons. The highest BCUT2D eigenvalue weighted by atomic mass is 16.4. The van der Waals surface area contributed by atoms with Crippen LogP contribution in [0.3, 0.4) is 0 Å². The highest BCUT2D eigenvalue weighted by Crippen LogP contribution is 2.25. The number of carboxylic acid groups (broad SMARTS) is 1. The van der Waals surface area contributed by atoms with E-state index in [2.05, 4.69) is 4.98 Å². The maximum atomic E-state index is 12.7. The van der Waals surface area contributed by atoms with Gasteiger partial charge >= 0.3 is 5.97 Å². The van der Waals surface area contributed by atoms with E-state index in [0.717, 1.165) is 16.5 Å².